The Balaban J connectivity index is 1.34. The highest BCUT2D eigenvalue weighted by Gasteiger charge is 2.37. The van der Waals surface area contributed by atoms with Gasteiger partial charge in [-0.1, -0.05) is 55.3 Å². The maximum atomic E-state index is 12.9. The van der Waals surface area contributed by atoms with E-state index in [1.165, 1.54) is 12.0 Å². The van der Waals surface area contributed by atoms with Crippen molar-refractivity contribution >= 4 is 11.6 Å². The highest BCUT2D eigenvalue weighted by Crippen LogP contribution is 2.34. The highest BCUT2D eigenvalue weighted by molar-refractivity contribution is 5.99. The first kappa shape index (κ1) is 23.0. The third-order valence-electron chi connectivity index (χ3n) is 6.49. The Kier molecular flexibility index (Phi) is 7.70. The van der Waals surface area contributed by atoms with Crippen LogP contribution in [0, 0.1) is 5.92 Å². The fourth-order valence-corrected chi connectivity index (χ4v) is 4.55. The Morgan fingerprint density at radius 1 is 1.00 bits per heavy atom. The lowest BCUT2D eigenvalue weighted by atomic mass is 9.71. The minimum absolute atomic E-state index is 0.285. The number of carbonyl (C=O) groups is 1. The number of hydroxylamine groups is 1. The number of amides is 1. The molecular formula is C27H32N4O2. The Morgan fingerprint density at radius 2 is 1.76 bits per heavy atom. The molecule has 1 fully saturated rings. The first-order chi connectivity index (χ1) is 16.1. The largest absolute Gasteiger partial charge is 0.380 e. The van der Waals surface area contributed by atoms with Crippen molar-refractivity contribution in [3.63, 3.8) is 0 Å². The molecule has 2 atom stereocenters. The van der Waals surface area contributed by atoms with E-state index in [0.717, 1.165) is 36.9 Å². The van der Waals surface area contributed by atoms with Gasteiger partial charge in [0.05, 0.1) is 12.2 Å². The topological polar surface area (TPSA) is 89.3 Å². The number of hydrogen-bond acceptors (Lipinski definition) is 5. The fraction of sp³-hybridized carbons (Fsp3) is 0.333. The number of para-hydroxylation sites is 1. The molecule has 0 saturated heterocycles. The summed E-state index contributed by atoms with van der Waals surface area (Å²) in [6.45, 7) is 0.892. The molecule has 1 aliphatic rings. The molecule has 1 heterocycles. The van der Waals surface area contributed by atoms with Gasteiger partial charge in [-0.05, 0) is 60.6 Å². The summed E-state index contributed by atoms with van der Waals surface area (Å²) >= 11 is 0. The molecule has 6 nitrogen and oxygen atoms in total. The van der Waals surface area contributed by atoms with Gasteiger partial charge in [0.2, 0.25) is 0 Å². The fourth-order valence-electron chi connectivity index (χ4n) is 4.55. The predicted octanol–water partition coefficient (Wildman–Crippen LogP) is 4.49. The number of anilines is 1. The number of nitrogens with zero attached hydrogens (tertiary/aromatic N) is 1. The van der Waals surface area contributed by atoms with Gasteiger partial charge in [0.25, 0.3) is 5.91 Å². The first-order valence-corrected chi connectivity index (χ1v) is 11.6. The number of nitrogens with two attached hydrogens (primary N) is 1. The molecule has 0 radical (unpaired) electrons. The van der Waals surface area contributed by atoms with Gasteiger partial charge < -0.3 is 11.1 Å². The third-order valence-corrected chi connectivity index (χ3v) is 6.49. The Morgan fingerprint density at radius 3 is 2.58 bits per heavy atom. The molecule has 3 aromatic rings. The summed E-state index contributed by atoms with van der Waals surface area (Å²) in [6, 6.07) is 21.7. The maximum Gasteiger partial charge on any atom is 0.276 e. The van der Waals surface area contributed by atoms with Crippen molar-refractivity contribution in [2.45, 2.75) is 44.2 Å². The van der Waals surface area contributed by atoms with Gasteiger partial charge in [0.15, 0.2) is 0 Å². The zero-order valence-electron chi connectivity index (χ0n) is 18.9. The van der Waals surface area contributed by atoms with Crippen LogP contribution in [0.5, 0.6) is 0 Å². The van der Waals surface area contributed by atoms with E-state index in [9.17, 15) is 4.79 Å². The lowest BCUT2D eigenvalue weighted by molar-refractivity contribution is -0.0130. The van der Waals surface area contributed by atoms with Crippen LogP contribution in [0.4, 0.5) is 5.69 Å². The second-order valence-electron chi connectivity index (χ2n) is 8.84. The second kappa shape index (κ2) is 11.1. The average Bonchev–Trinajstić information content (AvgIpc) is 2.86. The van der Waals surface area contributed by atoms with Gasteiger partial charge in [-0.25, -0.2) is 5.48 Å². The maximum absolute atomic E-state index is 12.9. The van der Waals surface area contributed by atoms with Crippen molar-refractivity contribution in [3.05, 3.63) is 95.8 Å². The minimum atomic E-state index is -0.458. The summed E-state index contributed by atoms with van der Waals surface area (Å²) < 4.78 is 0. The van der Waals surface area contributed by atoms with E-state index in [1.54, 1.807) is 18.5 Å². The quantitative estimate of drug-likeness (QED) is 0.423. The molecule has 1 aliphatic carbocycles. The number of rotatable bonds is 9. The molecule has 1 saturated carbocycles. The van der Waals surface area contributed by atoms with Crippen LogP contribution in [-0.4, -0.2) is 23.0 Å². The highest BCUT2D eigenvalue weighted by atomic mass is 16.7. The second-order valence-corrected chi connectivity index (χ2v) is 8.84. The molecule has 172 valence electrons. The van der Waals surface area contributed by atoms with E-state index in [4.69, 9.17) is 10.6 Å². The standard InChI is InChI=1S/C27H32N4O2/c28-27(15-7-6-10-23(27)18-21-8-2-1-3-9-21)20-33-31-26(32)24-11-4-5-12-25(24)30-19-22-13-16-29-17-14-22/h1-5,8-9,11-14,16-17,23,30H,6-7,10,15,18-20,28H2,(H,31,32). The van der Waals surface area contributed by atoms with Gasteiger partial charge >= 0.3 is 0 Å². The van der Waals surface area contributed by atoms with Crippen molar-refractivity contribution < 1.29 is 9.63 Å². The Labute approximate surface area is 195 Å². The summed E-state index contributed by atoms with van der Waals surface area (Å²) in [5.74, 6) is 0.0340. The van der Waals surface area contributed by atoms with E-state index in [0.29, 0.717) is 24.6 Å². The predicted molar refractivity (Wildman–Crippen MR) is 130 cm³/mol. The Hall–Kier alpha value is -3.22. The molecule has 33 heavy (non-hydrogen) atoms. The molecule has 2 unspecified atom stereocenters. The van der Waals surface area contributed by atoms with Crippen LogP contribution in [0.25, 0.3) is 0 Å². The number of pyridine rings is 1. The molecule has 0 aliphatic heterocycles. The van der Waals surface area contributed by atoms with Crippen LogP contribution in [-0.2, 0) is 17.8 Å². The van der Waals surface area contributed by atoms with E-state index >= 15 is 0 Å². The molecule has 1 amide bonds. The molecule has 4 rings (SSSR count). The van der Waals surface area contributed by atoms with Crippen LogP contribution < -0.4 is 16.5 Å². The van der Waals surface area contributed by atoms with Gasteiger partial charge in [-0.2, -0.15) is 0 Å². The monoisotopic (exact) mass is 444 g/mol. The lowest BCUT2D eigenvalue weighted by Gasteiger charge is -2.41. The summed E-state index contributed by atoms with van der Waals surface area (Å²) in [5.41, 5.74) is 12.6. The van der Waals surface area contributed by atoms with Crippen molar-refractivity contribution in [2.24, 2.45) is 11.7 Å². The zero-order chi connectivity index (χ0) is 22.9. The minimum Gasteiger partial charge on any atom is -0.380 e. The Bertz CT molecular complexity index is 1030. The lowest BCUT2D eigenvalue weighted by Crippen LogP contribution is -2.54. The smallest absolute Gasteiger partial charge is 0.276 e. The first-order valence-electron chi connectivity index (χ1n) is 11.6. The molecule has 1 aromatic heterocycles. The summed E-state index contributed by atoms with van der Waals surface area (Å²) in [6.07, 6.45) is 8.66. The number of carbonyl (C=O) groups excluding carboxylic acids is 1. The van der Waals surface area contributed by atoms with E-state index < -0.39 is 5.54 Å². The van der Waals surface area contributed by atoms with Crippen LogP contribution in [0.3, 0.4) is 0 Å². The van der Waals surface area contributed by atoms with Crippen molar-refractivity contribution in [1.82, 2.24) is 10.5 Å². The summed E-state index contributed by atoms with van der Waals surface area (Å²) in [5, 5.41) is 3.32. The number of benzene rings is 2. The van der Waals surface area contributed by atoms with Crippen LogP contribution in [0.1, 0.15) is 47.2 Å². The van der Waals surface area contributed by atoms with E-state index in [2.05, 4.69) is 40.0 Å². The van der Waals surface area contributed by atoms with Crippen LogP contribution in [0.15, 0.2) is 79.1 Å². The molecule has 2 aromatic carbocycles. The summed E-state index contributed by atoms with van der Waals surface area (Å²) in [4.78, 5) is 22.6. The average molecular weight is 445 g/mol. The SMILES string of the molecule is NC1(CONC(=O)c2ccccc2NCc2ccncc2)CCCCC1Cc1ccccc1. The van der Waals surface area contributed by atoms with Crippen molar-refractivity contribution in [2.75, 3.05) is 11.9 Å². The third kappa shape index (κ3) is 6.18. The number of hydrogen-bond donors (Lipinski definition) is 3. The molecule has 0 spiro atoms. The normalized spacial score (nSPS) is 20.2. The van der Waals surface area contributed by atoms with E-state index in [1.807, 2.05) is 36.4 Å². The zero-order valence-corrected chi connectivity index (χ0v) is 18.9. The molecule has 0 bridgehead atoms. The molecular weight excluding hydrogens is 412 g/mol. The van der Waals surface area contributed by atoms with Gasteiger partial charge in [-0.3, -0.25) is 14.6 Å². The number of aromatic nitrogens is 1. The van der Waals surface area contributed by atoms with Crippen LogP contribution in [0.2, 0.25) is 0 Å². The van der Waals surface area contributed by atoms with Gasteiger partial charge in [0.1, 0.15) is 0 Å². The molecule has 4 N–H and O–H groups in total. The van der Waals surface area contributed by atoms with Gasteiger partial charge in [0, 0.05) is 30.2 Å². The van der Waals surface area contributed by atoms with Gasteiger partial charge in [-0.15, -0.1) is 0 Å². The molecule has 6 heteroatoms. The van der Waals surface area contributed by atoms with Crippen LogP contribution >= 0.6 is 0 Å². The van der Waals surface area contributed by atoms with E-state index in [-0.39, 0.29) is 5.91 Å². The summed E-state index contributed by atoms with van der Waals surface area (Å²) in [7, 11) is 0. The van der Waals surface area contributed by atoms with Crippen molar-refractivity contribution in [3.8, 4) is 0 Å². The number of nitrogens with one attached hydrogen (secondary N) is 2. The van der Waals surface area contributed by atoms with Crippen molar-refractivity contribution in [1.29, 1.82) is 0 Å².